The first kappa shape index (κ1) is 20.7. The fourth-order valence-electron chi connectivity index (χ4n) is 3.94. The Labute approximate surface area is 169 Å². The third-order valence-electron chi connectivity index (χ3n) is 6.56. The van der Waals surface area contributed by atoms with E-state index in [1.165, 1.54) is 61.3 Å². The van der Waals surface area contributed by atoms with Gasteiger partial charge in [-0.2, -0.15) is 5.56 Å². The first-order chi connectivity index (χ1) is 11.7. The Hall–Kier alpha value is -1.64. The number of benzene rings is 1. The van der Waals surface area contributed by atoms with Crippen molar-refractivity contribution < 1.29 is 23.0 Å². The number of hydrogen-bond acceptors (Lipinski definition) is 0. The van der Waals surface area contributed by atoms with Gasteiger partial charge in [0.2, 0.25) is 5.82 Å². The van der Waals surface area contributed by atoms with Crippen LogP contribution >= 0.6 is 0 Å². The molecule has 1 N–H and O–H groups in total. The van der Waals surface area contributed by atoms with Crippen molar-refractivity contribution in [1.82, 2.24) is 4.98 Å². The predicted molar refractivity (Wildman–Crippen MR) is 106 cm³/mol. The van der Waals surface area contributed by atoms with Crippen molar-refractivity contribution in [1.29, 1.82) is 0 Å². The molecule has 3 heteroatoms. The Morgan fingerprint density at radius 1 is 0.654 bits per heavy atom. The number of nitrogens with zero attached hydrogens (tertiary/aromatic N) is 1. The molecule has 1 radical (unpaired) electrons. The molecular weight excluding hydrogens is 355 g/mol. The van der Waals surface area contributed by atoms with Crippen molar-refractivity contribution in [3.63, 3.8) is 0 Å². The summed E-state index contributed by atoms with van der Waals surface area (Å²) in [5, 5.41) is 0. The number of aromatic amines is 1. The maximum absolute atomic E-state index is 3.51. The van der Waals surface area contributed by atoms with Crippen LogP contribution in [-0.4, -0.2) is 4.98 Å². The van der Waals surface area contributed by atoms with Crippen LogP contribution in [0.25, 0.3) is 5.52 Å². The number of rotatable bonds is 2. The third-order valence-corrected chi connectivity index (χ3v) is 6.56. The molecule has 0 saturated heterocycles. The van der Waals surface area contributed by atoms with E-state index in [1.54, 1.807) is 0 Å². The van der Waals surface area contributed by atoms with Crippen molar-refractivity contribution >= 4 is 5.52 Å². The van der Waals surface area contributed by atoms with Crippen LogP contribution in [0.2, 0.25) is 0 Å². The molecule has 2 aromatic heterocycles. The van der Waals surface area contributed by atoms with E-state index in [9.17, 15) is 0 Å². The SMILES string of the molecule is Cc1c(C)c(C)c([CH-]c2[nH]cc3c(C)c(C)c(C)c(C)[n+]23)c(C)c1C.[V]. The van der Waals surface area contributed by atoms with E-state index in [0.29, 0.717) is 0 Å². The van der Waals surface area contributed by atoms with Crippen LogP contribution in [0.3, 0.4) is 0 Å². The van der Waals surface area contributed by atoms with Crippen LogP contribution in [0.5, 0.6) is 0 Å². The van der Waals surface area contributed by atoms with Gasteiger partial charge in [-0.3, -0.25) is 4.98 Å². The molecule has 0 fully saturated rings. The van der Waals surface area contributed by atoms with Gasteiger partial charge in [-0.25, -0.2) is 4.40 Å². The molecule has 137 valence electrons. The van der Waals surface area contributed by atoms with E-state index in [1.807, 2.05) is 0 Å². The van der Waals surface area contributed by atoms with Crippen molar-refractivity contribution in [2.45, 2.75) is 62.3 Å². The Bertz CT molecular complexity index is 980. The maximum atomic E-state index is 3.51. The summed E-state index contributed by atoms with van der Waals surface area (Å²) in [5.74, 6) is 1.15. The second kappa shape index (κ2) is 7.17. The Morgan fingerprint density at radius 3 is 1.65 bits per heavy atom. The number of nitrogens with one attached hydrogen (secondary N) is 1. The molecule has 0 aliphatic rings. The molecule has 0 bridgehead atoms. The summed E-state index contributed by atoms with van der Waals surface area (Å²) in [6, 6.07) is 0. The minimum atomic E-state index is 0. The third kappa shape index (κ3) is 2.90. The van der Waals surface area contributed by atoms with Crippen molar-refractivity contribution in [3.8, 4) is 0 Å². The van der Waals surface area contributed by atoms with Gasteiger partial charge < -0.3 is 0 Å². The van der Waals surface area contributed by atoms with Gasteiger partial charge in [0.05, 0.1) is 0 Å². The summed E-state index contributed by atoms with van der Waals surface area (Å²) in [4.78, 5) is 3.51. The van der Waals surface area contributed by atoms with Crippen molar-refractivity contribution in [2.24, 2.45) is 0 Å². The van der Waals surface area contributed by atoms with Crippen LogP contribution < -0.4 is 4.40 Å². The van der Waals surface area contributed by atoms with Gasteiger partial charge in [-0.1, -0.05) is 39.7 Å². The van der Waals surface area contributed by atoms with Gasteiger partial charge in [0.15, 0.2) is 5.52 Å². The summed E-state index contributed by atoms with van der Waals surface area (Å²) in [7, 11) is 0. The number of fused-ring (bicyclic) bond motifs is 1. The first-order valence-electron chi connectivity index (χ1n) is 9.08. The zero-order valence-electron chi connectivity index (χ0n) is 17.5. The minimum absolute atomic E-state index is 0. The number of H-pyrrole nitrogens is 1. The molecule has 3 rings (SSSR count). The molecule has 1 aromatic carbocycles. The van der Waals surface area contributed by atoms with E-state index < -0.39 is 0 Å². The molecule has 2 heterocycles. The number of pyridine rings is 1. The number of hydrogen-bond donors (Lipinski definition) is 1. The van der Waals surface area contributed by atoms with E-state index in [0.717, 1.165) is 5.82 Å². The predicted octanol–water partition coefficient (Wildman–Crippen LogP) is 5.13. The summed E-state index contributed by atoms with van der Waals surface area (Å²) >= 11 is 0. The number of imidazole rings is 1. The number of aryl methyl sites for hydroxylation is 2. The smallest absolute Gasteiger partial charge is 0.228 e. The second-order valence-corrected chi connectivity index (χ2v) is 7.54. The number of aromatic nitrogens is 2. The van der Waals surface area contributed by atoms with E-state index in [4.69, 9.17) is 0 Å². The molecule has 0 aliphatic carbocycles. The maximum Gasteiger partial charge on any atom is 0.228 e. The molecule has 0 amide bonds. The van der Waals surface area contributed by atoms with Gasteiger partial charge in [-0.05, 0) is 45.7 Å². The van der Waals surface area contributed by atoms with Crippen LogP contribution in [0.4, 0.5) is 0 Å². The quantitative estimate of drug-likeness (QED) is 0.466. The summed E-state index contributed by atoms with van der Waals surface area (Å²) in [6.45, 7) is 20.0. The zero-order valence-corrected chi connectivity index (χ0v) is 18.9. The average Bonchev–Trinajstić information content (AvgIpc) is 3.02. The molecule has 0 unspecified atom stereocenters. The van der Waals surface area contributed by atoms with Crippen LogP contribution in [0.15, 0.2) is 6.20 Å². The molecule has 0 saturated carbocycles. The molecule has 0 spiro atoms. The monoisotopic (exact) mass is 385 g/mol. The largest absolute Gasteiger partial charge is 0.254 e. The van der Waals surface area contributed by atoms with Crippen molar-refractivity contribution in [2.75, 3.05) is 0 Å². The van der Waals surface area contributed by atoms with Crippen LogP contribution in [0, 0.1) is 68.7 Å². The van der Waals surface area contributed by atoms with E-state index in [2.05, 4.69) is 84.3 Å². The van der Waals surface area contributed by atoms with Crippen molar-refractivity contribution in [3.05, 3.63) is 74.2 Å². The average molecular weight is 385 g/mol. The molecule has 0 aliphatic heterocycles. The molecule has 26 heavy (non-hydrogen) atoms. The Morgan fingerprint density at radius 2 is 1.12 bits per heavy atom. The summed E-state index contributed by atoms with van der Waals surface area (Å²) < 4.78 is 2.36. The van der Waals surface area contributed by atoms with Gasteiger partial charge >= 0.3 is 0 Å². The fourth-order valence-corrected chi connectivity index (χ4v) is 3.94. The Kier molecular flexibility index (Phi) is 5.70. The van der Waals surface area contributed by atoms with Gasteiger partial charge in [0, 0.05) is 24.1 Å². The molecule has 3 aromatic rings. The molecule has 0 atom stereocenters. The summed E-state index contributed by atoms with van der Waals surface area (Å²) in [5.41, 5.74) is 15.0. The first-order valence-corrected chi connectivity index (χ1v) is 9.08. The second-order valence-electron chi connectivity index (χ2n) is 7.54. The van der Waals surface area contributed by atoms with Gasteiger partial charge in [0.25, 0.3) is 0 Å². The van der Waals surface area contributed by atoms with Gasteiger partial charge in [-0.15, -0.1) is 22.3 Å². The normalized spacial score (nSPS) is 11.0. The topological polar surface area (TPSA) is 19.9 Å². The Balaban J connectivity index is 0.00000243. The molecule has 2 nitrogen and oxygen atoms in total. The van der Waals surface area contributed by atoms with Gasteiger partial charge in [0.1, 0.15) is 11.9 Å². The van der Waals surface area contributed by atoms with Crippen LogP contribution in [0.1, 0.15) is 61.6 Å². The van der Waals surface area contributed by atoms with E-state index >= 15 is 0 Å². The zero-order chi connectivity index (χ0) is 18.6. The molecular formula is C23H30N2V. The van der Waals surface area contributed by atoms with Crippen LogP contribution in [-0.2, 0) is 18.6 Å². The fraction of sp³-hybridized carbons (Fsp3) is 0.391. The van der Waals surface area contributed by atoms with E-state index in [-0.39, 0.29) is 18.6 Å². The standard InChI is InChI=1S/C23H29N2.V/c1-12-13(2)17(6)21(18(7)14(12)3)10-23-24-11-22-19(8)15(4)16(5)20(9)25(22)23;/h10-11H,1-9H3;/q-1;/p+1. The summed E-state index contributed by atoms with van der Waals surface area (Å²) in [6.07, 6.45) is 4.46. The minimum Gasteiger partial charge on any atom is -0.254 e.